The van der Waals surface area contributed by atoms with E-state index in [-0.39, 0.29) is 5.78 Å². The first-order valence-electron chi connectivity index (χ1n) is 5.76. The van der Waals surface area contributed by atoms with E-state index in [0.29, 0.717) is 17.7 Å². The summed E-state index contributed by atoms with van der Waals surface area (Å²) in [7, 11) is -0.623. The maximum absolute atomic E-state index is 11.7. The van der Waals surface area contributed by atoms with Crippen molar-refractivity contribution in [1.29, 1.82) is 0 Å². The smallest absolute Gasteiger partial charge is 0.294 e. The van der Waals surface area contributed by atoms with Gasteiger partial charge in [-0.15, -0.1) is 0 Å². The lowest BCUT2D eigenvalue weighted by atomic mass is 9.90. The average Bonchev–Trinajstić information content (AvgIpc) is 2.29. The zero-order valence-electron chi connectivity index (χ0n) is 10.4. The number of fused-ring (bicyclic) bond motifs is 1. The average molecular weight is 268 g/mol. The third-order valence-corrected chi connectivity index (χ3v) is 4.44. The quantitative estimate of drug-likeness (QED) is 0.901. The summed E-state index contributed by atoms with van der Waals surface area (Å²) in [6.45, 7) is 0. The Morgan fingerprint density at radius 2 is 1.94 bits per heavy atom. The van der Waals surface area contributed by atoms with Crippen molar-refractivity contribution in [2.45, 2.75) is 19.3 Å². The molecule has 5 nitrogen and oxygen atoms in total. The van der Waals surface area contributed by atoms with Crippen LogP contribution in [0.5, 0.6) is 0 Å². The van der Waals surface area contributed by atoms with E-state index in [1.807, 2.05) is 6.07 Å². The van der Waals surface area contributed by atoms with Crippen molar-refractivity contribution in [2.24, 2.45) is 0 Å². The van der Waals surface area contributed by atoms with Crippen LogP contribution in [-0.4, -0.2) is 32.6 Å². The highest BCUT2D eigenvalue weighted by Gasteiger charge is 2.19. The maximum atomic E-state index is 11.7. The molecule has 2 rings (SSSR count). The molecule has 1 aromatic carbocycles. The minimum Gasteiger partial charge on any atom is -0.294 e. The van der Waals surface area contributed by atoms with Crippen LogP contribution in [0.3, 0.4) is 0 Å². The van der Waals surface area contributed by atoms with E-state index in [1.165, 1.54) is 14.1 Å². The van der Waals surface area contributed by atoms with E-state index in [0.717, 1.165) is 22.7 Å². The van der Waals surface area contributed by atoms with E-state index < -0.39 is 10.2 Å². The van der Waals surface area contributed by atoms with E-state index in [1.54, 1.807) is 12.1 Å². The number of ketones is 1. The minimum atomic E-state index is -3.52. The molecular formula is C12H16N2O3S. The van der Waals surface area contributed by atoms with Crippen molar-refractivity contribution in [3.05, 3.63) is 29.3 Å². The van der Waals surface area contributed by atoms with Crippen LogP contribution in [0.15, 0.2) is 18.2 Å². The topological polar surface area (TPSA) is 66.5 Å². The summed E-state index contributed by atoms with van der Waals surface area (Å²) in [5.74, 6) is 0.0853. The van der Waals surface area contributed by atoms with Gasteiger partial charge in [-0.1, -0.05) is 6.07 Å². The van der Waals surface area contributed by atoms with Gasteiger partial charge >= 0.3 is 10.2 Å². The molecule has 6 heteroatoms. The fourth-order valence-corrected chi connectivity index (χ4v) is 2.54. The molecule has 0 amide bonds. The minimum absolute atomic E-state index is 0.0853. The van der Waals surface area contributed by atoms with E-state index in [4.69, 9.17) is 0 Å². The summed E-state index contributed by atoms with van der Waals surface area (Å²) in [6, 6.07) is 5.14. The van der Waals surface area contributed by atoms with Crippen molar-refractivity contribution >= 4 is 21.7 Å². The SMILES string of the molecule is CN(C)S(=O)(=O)Nc1ccc2c(c1)C(=O)CCC2. The third kappa shape index (κ3) is 2.54. The zero-order valence-corrected chi connectivity index (χ0v) is 11.3. The number of nitrogens with zero attached hydrogens (tertiary/aromatic N) is 1. The lowest BCUT2D eigenvalue weighted by Crippen LogP contribution is -2.29. The summed E-state index contributed by atoms with van der Waals surface area (Å²) in [4.78, 5) is 11.7. The molecular weight excluding hydrogens is 252 g/mol. The van der Waals surface area contributed by atoms with Crippen molar-refractivity contribution < 1.29 is 13.2 Å². The molecule has 0 saturated heterocycles. The van der Waals surface area contributed by atoms with Gasteiger partial charge in [-0.3, -0.25) is 9.52 Å². The van der Waals surface area contributed by atoms with Gasteiger partial charge in [0.2, 0.25) is 0 Å². The van der Waals surface area contributed by atoms with E-state index >= 15 is 0 Å². The van der Waals surface area contributed by atoms with Crippen molar-refractivity contribution in [3.63, 3.8) is 0 Å². The summed E-state index contributed by atoms with van der Waals surface area (Å²) >= 11 is 0. The molecule has 0 atom stereocenters. The second-order valence-electron chi connectivity index (χ2n) is 4.54. The fraction of sp³-hybridized carbons (Fsp3) is 0.417. The summed E-state index contributed by atoms with van der Waals surface area (Å²) < 4.78 is 26.9. The van der Waals surface area contributed by atoms with Gasteiger partial charge in [-0.2, -0.15) is 12.7 Å². The van der Waals surface area contributed by atoms with Crippen LogP contribution in [0.1, 0.15) is 28.8 Å². The number of hydrogen-bond acceptors (Lipinski definition) is 3. The molecule has 0 aromatic heterocycles. The highest BCUT2D eigenvalue weighted by molar-refractivity contribution is 7.90. The molecule has 0 bridgehead atoms. The number of rotatable bonds is 3. The first kappa shape index (κ1) is 13.0. The van der Waals surface area contributed by atoms with Gasteiger partial charge in [-0.05, 0) is 30.5 Å². The lowest BCUT2D eigenvalue weighted by Gasteiger charge is -2.17. The Morgan fingerprint density at radius 3 is 2.61 bits per heavy atom. The van der Waals surface area contributed by atoms with Gasteiger partial charge in [0, 0.05) is 26.1 Å². The van der Waals surface area contributed by atoms with Crippen molar-refractivity contribution in [3.8, 4) is 0 Å². The monoisotopic (exact) mass is 268 g/mol. The van der Waals surface area contributed by atoms with Gasteiger partial charge in [-0.25, -0.2) is 0 Å². The number of carbonyl (C=O) groups excluding carboxylic acids is 1. The third-order valence-electron chi connectivity index (χ3n) is 2.99. The Balaban J connectivity index is 2.32. The predicted molar refractivity (Wildman–Crippen MR) is 69.9 cm³/mol. The Labute approximate surface area is 107 Å². The predicted octanol–water partition coefficient (Wildman–Crippen LogP) is 1.42. The summed E-state index contributed by atoms with van der Waals surface area (Å²) in [6.07, 6.45) is 2.28. The van der Waals surface area contributed by atoms with Gasteiger partial charge in [0.05, 0.1) is 5.69 Å². The summed E-state index contributed by atoms with van der Waals surface area (Å²) in [5.41, 5.74) is 2.07. The fourth-order valence-electron chi connectivity index (χ4n) is 1.93. The van der Waals surface area contributed by atoms with Crippen LogP contribution in [0.25, 0.3) is 0 Å². The van der Waals surface area contributed by atoms with E-state index in [2.05, 4.69) is 4.72 Å². The second-order valence-corrected chi connectivity index (χ2v) is 6.42. The van der Waals surface area contributed by atoms with Gasteiger partial charge < -0.3 is 0 Å². The number of aryl methyl sites for hydroxylation is 1. The first-order chi connectivity index (χ1) is 8.40. The van der Waals surface area contributed by atoms with Gasteiger partial charge in [0.15, 0.2) is 5.78 Å². The molecule has 1 aliphatic carbocycles. The molecule has 0 saturated carbocycles. The normalized spacial score (nSPS) is 15.6. The van der Waals surface area contributed by atoms with Crippen LogP contribution in [0.4, 0.5) is 5.69 Å². The highest BCUT2D eigenvalue weighted by Crippen LogP contribution is 2.24. The standard InChI is InChI=1S/C12H16N2O3S/c1-14(2)18(16,17)13-10-7-6-9-4-3-5-12(15)11(9)8-10/h6-8,13H,3-5H2,1-2H3. The first-order valence-corrected chi connectivity index (χ1v) is 7.20. The van der Waals surface area contributed by atoms with Gasteiger partial charge in [0.25, 0.3) is 0 Å². The molecule has 0 heterocycles. The molecule has 18 heavy (non-hydrogen) atoms. The highest BCUT2D eigenvalue weighted by atomic mass is 32.2. The van der Waals surface area contributed by atoms with Crippen LogP contribution in [0.2, 0.25) is 0 Å². The number of carbonyl (C=O) groups is 1. The van der Waals surface area contributed by atoms with E-state index in [9.17, 15) is 13.2 Å². The lowest BCUT2D eigenvalue weighted by molar-refractivity contribution is 0.0972. The van der Waals surface area contributed by atoms with Crippen LogP contribution in [-0.2, 0) is 16.6 Å². The molecule has 0 unspecified atom stereocenters. The van der Waals surface area contributed by atoms with Crippen molar-refractivity contribution in [2.75, 3.05) is 18.8 Å². The Morgan fingerprint density at radius 1 is 1.22 bits per heavy atom. The Hall–Kier alpha value is -1.40. The second kappa shape index (κ2) is 4.70. The van der Waals surface area contributed by atoms with Crippen LogP contribution < -0.4 is 4.72 Å². The number of anilines is 1. The number of hydrogen-bond donors (Lipinski definition) is 1. The zero-order chi connectivity index (χ0) is 13.3. The molecule has 0 fully saturated rings. The van der Waals surface area contributed by atoms with Gasteiger partial charge in [0.1, 0.15) is 0 Å². The molecule has 1 aromatic rings. The van der Waals surface area contributed by atoms with Crippen molar-refractivity contribution in [1.82, 2.24) is 4.31 Å². The summed E-state index contributed by atoms with van der Waals surface area (Å²) in [5, 5.41) is 0. The maximum Gasteiger partial charge on any atom is 0.301 e. The molecule has 0 radical (unpaired) electrons. The van der Waals surface area contributed by atoms with Crippen LogP contribution >= 0.6 is 0 Å². The Bertz CT molecular complexity index is 579. The molecule has 0 spiro atoms. The number of Topliss-reactive ketones (excluding diaryl/α,β-unsaturated/α-hetero) is 1. The number of nitrogens with one attached hydrogen (secondary N) is 1. The number of benzene rings is 1. The molecule has 1 aliphatic rings. The van der Waals surface area contributed by atoms with Crippen LogP contribution in [0, 0.1) is 0 Å². The molecule has 0 aliphatic heterocycles. The molecule has 1 N–H and O–H groups in total. The Kier molecular flexibility index (Phi) is 3.41. The molecule has 98 valence electrons. The largest absolute Gasteiger partial charge is 0.301 e.